The van der Waals surface area contributed by atoms with Crippen molar-refractivity contribution in [1.82, 2.24) is 5.32 Å². The molecule has 0 aliphatic heterocycles. The van der Waals surface area contributed by atoms with E-state index in [9.17, 15) is 0 Å². The van der Waals surface area contributed by atoms with Crippen LogP contribution in [0.4, 0.5) is 0 Å². The molecule has 2 aromatic carbocycles. The van der Waals surface area contributed by atoms with Gasteiger partial charge in [-0.05, 0) is 35.1 Å². The summed E-state index contributed by atoms with van der Waals surface area (Å²) in [4.78, 5) is 0. The molecule has 2 unspecified atom stereocenters. The van der Waals surface area contributed by atoms with E-state index in [1.165, 1.54) is 16.3 Å². The van der Waals surface area contributed by atoms with Crippen molar-refractivity contribution in [1.29, 1.82) is 0 Å². The van der Waals surface area contributed by atoms with Crippen LogP contribution in [-0.4, -0.2) is 30.3 Å². The van der Waals surface area contributed by atoms with Gasteiger partial charge in [-0.15, -0.1) is 0 Å². The van der Waals surface area contributed by atoms with E-state index >= 15 is 0 Å². The molecule has 2 nitrogen and oxygen atoms in total. The van der Waals surface area contributed by atoms with Gasteiger partial charge in [-0.3, -0.25) is 0 Å². The molecule has 2 N–H and O–H groups in total. The first kappa shape index (κ1) is 15.4. The van der Waals surface area contributed by atoms with Crippen LogP contribution in [0.2, 0.25) is 0 Å². The van der Waals surface area contributed by atoms with Crippen LogP contribution >= 0.6 is 11.8 Å². The average molecular weight is 289 g/mol. The highest BCUT2D eigenvalue weighted by atomic mass is 32.2. The second-order valence-corrected chi connectivity index (χ2v) is 6.31. The molecule has 108 valence electrons. The number of hydrogen-bond acceptors (Lipinski definition) is 3. The maximum atomic E-state index is 9.09. The summed E-state index contributed by atoms with van der Waals surface area (Å²) in [5.74, 6) is 2.39. The number of aliphatic hydroxyl groups excluding tert-OH is 1. The standard InChI is InChI=1S/C17H23NOS/c1-13(10-19)11-20-12-17(18-2)16-9-5-7-14-6-3-4-8-15(14)16/h3-9,13,17-19H,10-12H2,1-2H3. The Hall–Kier alpha value is -1.03. The monoisotopic (exact) mass is 289 g/mol. The van der Waals surface area contributed by atoms with Gasteiger partial charge >= 0.3 is 0 Å². The van der Waals surface area contributed by atoms with Gasteiger partial charge in [0, 0.05) is 18.4 Å². The highest BCUT2D eigenvalue weighted by Gasteiger charge is 2.13. The molecule has 0 heterocycles. The minimum absolute atomic E-state index is 0.269. The maximum Gasteiger partial charge on any atom is 0.0464 e. The van der Waals surface area contributed by atoms with Crippen molar-refractivity contribution >= 4 is 22.5 Å². The lowest BCUT2D eigenvalue weighted by molar-refractivity contribution is 0.250. The summed E-state index contributed by atoms with van der Waals surface area (Å²) in [7, 11) is 2.02. The summed E-state index contributed by atoms with van der Waals surface area (Å²) in [6.45, 7) is 2.35. The quantitative estimate of drug-likeness (QED) is 0.818. The van der Waals surface area contributed by atoms with E-state index in [1.54, 1.807) is 0 Å². The Kier molecular flexibility index (Phi) is 5.89. The van der Waals surface area contributed by atoms with E-state index in [-0.39, 0.29) is 6.61 Å². The zero-order valence-electron chi connectivity index (χ0n) is 12.2. The summed E-state index contributed by atoms with van der Waals surface area (Å²) in [5.41, 5.74) is 1.36. The smallest absolute Gasteiger partial charge is 0.0464 e. The number of rotatable bonds is 7. The number of fused-ring (bicyclic) bond motifs is 1. The van der Waals surface area contributed by atoms with Gasteiger partial charge in [0.2, 0.25) is 0 Å². The second kappa shape index (κ2) is 7.67. The predicted octanol–water partition coefficient (Wildman–Crippen LogP) is 3.46. The van der Waals surface area contributed by atoms with Crippen molar-refractivity contribution in [3.05, 3.63) is 48.0 Å². The Labute approximate surface area is 125 Å². The van der Waals surface area contributed by atoms with Crippen LogP contribution in [0.1, 0.15) is 18.5 Å². The lowest BCUT2D eigenvalue weighted by atomic mass is 10.00. The van der Waals surface area contributed by atoms with E-state index in [4.69, 9.17) is 5.11 Å². The Bertz CT molecular complexity index is 538. The molecule has 2 atom stereocenters. The highest BCUT2D eigenvalue weighted by Crippen LogP contribution is 2.27. The third-order valence-corrected chi connectivity index (χ3v) is 4.92. The fraction of sp³-hybridized carbons (Fsp3) is 0.412. The van der Waals surface area contributed by atoms with Crippen molar-refractivity contribution in [3.8, 4) is 0 Å². The maximum absolute atomic E-state index is 9.09. The molecular weight excluding hydrogens is 266 g/mol. The molecule has 0 aliphatic carbocycles. The molecule has 2 rings (SSSR count). The lowest BCUT2D eigenvalue weighted by Gasteiger charge is -2.19. The predicted molar refractivity (Wildman–Crippen MR) is 89.3 cm³/mol. The first-order valence-corrected chi connectivity index (χ1v) is 8.25. The Morgan fingerprint density at radius 1 is 1.10 bits per heavy atom. The van der Waals surface area contributed by atoms with Gasteiger partial charge in [-0.25, -0.2) is 0 Å². The van der Waals surface area contributed by atoms with Crippen LogP contribution < -0.4 is 5.32 Å². The van der Waals surface area contributed by atoms with Crippen molar-refractivity contribution in [2.24, 2.45) is 5.92 Å². The molecule has 0 aliphatic rings. The summed E-state index contributed by atoms with van der Waals surface area (Å²) in [5, 5.41) is 15.1. The largest absolute Gasteiger partial charge is 0.396 e. The molecule has 0 amide bonds. The fourth-order valence-electron chi connectivity index (χ4n) is 2.32. The van der Waals surface area contributed by atoms with Gasteiger partial charge in [-0.2, -0.15) is 11.8 Å². The lowest BCUT2D eigenvalue weighted by Crippen LogP contribution is -2.20. The average Bonchev–Trinajstić information content (AvgIpc) is 2.51. The molecule has 0 bridgehead atoms. The molecule has 0 radical (unpaired) electrons. The number of hydrogen-bond donors (Lipinski definition) is 2. The van der Waals surface area contributed by atoms with Gasteiger partial charge in [0.15, 0.2) is 0 Å². The molecule has 2 aromatic rings. The van der Waals surface area contributed by atoms with Crippen LogP contribution in [0.25, 0.3) is 10.8 Å². The first-order valence-electron chi connectivity index (χ1n) is 7.09. The number of nitrogens with one attached hydrogen (secondary N) is 1. The molecule has 0 aromatic heterocycles. The Morgan fingerprint density at radius 2 is 1.85 bits per heavy atom. The molecule has 20 heavy (non-hydrogen) atoms. The van der Waals surface area contributed by atoms with E-state index in [0.29, 0.717) is 12.0 Å². The topological polar surface area (TPSA) is 32.3 Å². The Balaban J connectivity index is 2.13. The van der Waals surface area contributed by atoms with Crippen molar-refractivity contribution in [2.75, 3.05) is 25.2 Å². The summed E-state index contributed by atoms with van der Waals surface area (Å²) in [6, 6.07) is 15.4. The van der Waals surface area contributed by atoms with Gasteiger partial charge < -0.3 is 10.4 Å². The molecule has 0 spiro atoms. The SMILES string of the molecule is CNC(CSCC(C)CO)c1cccc2ccccc12. The molecule has 3 heteroatoms. The molecule has 0 saturated carbocycles. The van der Waals surface area contributed by atoms with Gasteiger partial charge in [0.25, 0.3) is 0 Å². The Morgan fingerprint density at radius 3 is 2.60 bits per heavy atom. The number of thioether (sulfide) groups is 1. The van der Waals surface area contributed by atoms with Crippen LogP contribution in [0.5, 0.6) is 0 Å². The molecule has 0 saturated heterocycles. The first-order chi connectivity index (χ1) is 9.76. The van der Waals surface area contributed by atoms with E-state index in [1.807, 2.05) is 18.8 Å². The third-order valence-electron chi connectivity index (χ3n) is 3.55. The minimum Gasteiger partial charge on any atom is -0.396 e. The van der Waals surface area contributed by atoms with E-state index < -0.39 is 0 Å². The van der Waals surface area contributed by atoms with Crippen molar-refractivity contribution in [3.63, 3.8) is 0 Å². The highest BCUT2D eigenvalue weighted by molar-refractivity contribution is 7.99. The minimum atomic E-state index is 0.269. The van der Waals surface area contributed by atoms with Crippen LogP contribution in [0.3, 0.4) is 0 Å². The van der Waals surface area contributed by atoms with E-state index in [2.05, 4.69) is 54.7 Å². The third kappa shape index (κ3) is 3.75. The second-order valence-electron chi connectivity index (χ2n) is 5.23. The number of aliphatic hydroxyl groups is 1. The van der Waals surface area contributed by atoms with Gasteiger partial charge in [0.05, 0.1) is 0 Å². The summed E-state index contributed by atoms with van der Waals surface area (Å²) in [6.07, 6.45) is 0. The van der Waals surface area contributed by atoms with Crippen LogP contribution in [-0.2, 0) is 0 Å². The molecule has 0 fully saturated rings. The van der Waals surface area contributed by atoms with E-state index in [0.717, 1.165) is 11.5 Å². The zero-order chi connectivity index (χ0) is 14.4. The molecular formula is C17H23NOS. The van der Waals surface area contributed by atoms with Crippen molar-refractivity contribution in [2.45, 2.75) is 13.0 Å². The van der Waals surface area contributed by atoms with Gasteiger partial charge in [-0.1, -0.05) is 49.4 Å². The number of benzene rings is 2. The van der Waals surface area contributed by atoms with Crippen molar-refractivity contribution < 1.29 is 5.11 Å². The van der Waals surface area contributed by atoms with Crippen LogP contribution in [0.15, 0.2) is 42.5 Å². The van der Waals surface area contributed by atoms with Gasteiger partial charge in [0.1, 0.15) is 0 Å². The zero-order valence-corrected chi connectivity index (χ0v) is 13.0. The summed E-state index contributed by atoms with van der Waals surface area (Å²) < 4.78 is 0. The van der Waals surface area contributed by atoms with Crippen LogP contribution in [0, 0.1) is 5.92 Å². The summed E-state index contributed by atoms with van der Waals surface area (Å²) >= 11 is 1.90. The fourth-order valence-corrected chi connectivity index (χ4v) is 3.55. The normalized spacial score (nSPS) is 14.3.